The summed E-state index contributed by atoms with van der Waals surface area (Å²) in [5.74, 6) is 0.461. The van der Waals surface area contributed by atoms with Gasteiger partial charge in [-0.05, 0) is 37.8 Å². The highest BCUT2D eigenvalue weighted by Gasteiger charge is 2.29. The van der Waals surface area contributed by atoms with Crippen LogP contribution in [0.5, 0.6) is 0 Å². The van der Waals surface area contributed by atoms with Gasteiger partial charge in [-0.1, -0.05) is 43.0 Å². The van der Waals surface area contributed by atoms with Crippen molar-refractivity contribution in [2.45, 2.75) is 76.8 Å². The fourth-order valence-corrected chi connectivity index (χ4v) is 4.59. The minimum absolute atomic E-state index is 0.0175. The minimum atomic E-state index is -0.298. The van der Waals surface area contributed by atoms with Gasteiger partial charge in [-0.2, -0.15) is 4.98 Å². The molecule has 1 aliphatic heterocycles. The first-order valence-electron chi connectivity index (χ1n) is 11.2. The molecule has 30 heavy (non-hydrogen) atoms. The third-order valence-electron chi connectivity index (χ3n) is 6.39. The summed E-state index contributed by atoms with van der Waals surface area (Å²) in [6.07, 6.45) is 9.69. The molecule has 162 valence electrons. The summed E-state index contributed by atoms with van der Waals surface area (Å²) >= 11 is 0. The number of aromatic nitrogens is 2. The van der Waals surface area contributed by atoms with E-state index in [1.807, 2.05) is 0 Å². The molecule has 2 heterocycles. The number of carbonyl (C=O) groups is 1. The van der Waals surface area contributed by atoms with E-state index in [-0.39, 0.29) is 17.8 Å². The van der Waals surface area contributed by atoms with E-state index in [4.69, 9.17) is 4.52 Å². The lowest BCUT2D eigenvalue weighted by atomic mass is 10.1. The van der Waals surface area contributed by atoms with Gasteiger partial charge in [0.15, 0.2) is 0 Å². The normalized spacial score (nSPS) is 20.9. The lowest BCUT2D eigenvalue weighted by molar-refractivity contribution is -0.121. The number of nitrogens with zero attached hydrogens (tertiary/aromatic N) is 3. The van der Waals surface area contributed by atoms with Crippen LogP contribution in [0.4, 0.5) is 4.39 Å². The SMILES string of the molecule is Cc1ccc(-c2noc(CCC(=O)NC3CCN(C4CCCCCC4)C3)n2)cc1F. The van der Waals surface area contributed by atoms with Gasteiger partial charge in [-0.3, -0.25) is 9.69 Å². The van der Waals surface area contributed by atoms with E-state index in [0.717, 1.165) is 19.5 Å². The number of amides is 1. The predicted octanol–water partition coefficient (Wildman–Crippen LogP) is 4.03. The molecule has 4 rings (SSSR count). The number of rotatable bonds is 6. The van der Waals surface area contributed by atoms with Crippen molar-refractivity contribution in [2.75, 3.05) is 13.1 Å². The third kappa shape index (κ3) is 5.25. The van der Waals surface area contributed by atoms with E-state index in [1.54, 1.807) is 19.1 Å². The number of hydrogen-bond acceptors (Lipinski definition) is 5. The van der Waals surface area contributed by atoms with E-state index in [0.29, 0.717) is 41.7 Å². The Morgan fingerprint density at radius 2 is 2.03 bits per heavy atom. The molecule has 1 aromatic carbocycles. The molecule has 1 atom stereocenters. The summed E-state index contributed by atoms with van der Waals surface area (Å²) in [4.78, 5) is 19.3. The fourth-order valence-electron chi connectivity index (χ4n) is 4.59. The number of likely N-dealkylation sites (tertiary alicyclic amines) is 1. The van der Waals surface area contributed by atoms with Crippen molar-refractivity contribution in [3.05, 3.63) is 35.5 Å². The van der Waals surface area contributed by atoms with Gasteiger partial charge >= 0.3 is 0 Å². The molecule has 0 spiro atoms. The lowest BCUT2D eigenvalue weighted by Gasteiger charge is -2.26. The van der Waals surface area contributed by atoms with Gasteiger partial charge < -0.3 is 9.84 Å². The number of halogens is 1. The van der Waals surface area contributed by atoms with E-state index in [1.165, 1.54) is 44.6 Å². The average Bonchev–Trinajstić information content (AvgIpc) is 3.31. The van der Waals surface area contributed by atoms with Crippen LogP contribution in [0.3, 0.4) is 0 Å². The molecular formula is C23H31FN4O2. The smallest absolute Gasteiger partial charge is 0.227 e. The number of benzene rings is 1. The molecule has 0 bridgehead atoms. The Morgan fingerprint density at radius 3 is 2.80 bits per heavy atom. The Labute approximate surface area is 177 Å². The summed E-state index contributed by atoms with van der Waals surface area (Å²) < 4.78 is 19.0. The minimum Gasteiger partial charge on any atom is -0.352 e. The molecule has 0 radical (unpaired) electrons. The van der Waals surface area contributed by atoms with Crippen LogP contribution in [-0.2, 0) is 11.2 Å². The van der Waals surface area contributed by atoms with E-state index < -0.39 is 0 Å². The quantitative estimate of drug-likeness (QED) is 0.723. The molecule has 2 aliphatic rings. The molecular weight excluding hydrogens is 383 g/mol. The van der Waals surface area contributed by atoms with Crippen molar-refractivity contribution in [3.63, 3.8) is 0 Å². The Hall–Kier alpha value is -2.28. The summed E-state index contributed by atoms with van der Waals surface area (Å²) in [6, 6.07) is 5.78. The maximum Gasteiger partial charge on any atom is 0.227 e. The Morgan fingerprint density at radius 1 is 1.23 bits per heavy atom. The topological polar surface area (TPSA) is 71.3 Å². The van der Waals surface area contributed by atoms with Crippen molar-refractivity contribution >= 4 is 5.91 Å². The van der Waals surface area contributed by atoms with E-state index >= 15 is 0 Å². The number of carbonyl (C=O) groups excluding carboxylic acids is 1. The summed E-state index contributed by atoms with van der Waals surface area (Å²) in [7, 11) is 0. The Kier molecular flexibility index (Phi) is 6.77. The largest absolute Gasteiger partial charge is 0.352 e. The Balaban J connectivity index is 1.23. The van der Waals surface area contributed by atoms with Crippen molar-refractivity contribution in [2.24, 2.45) is 0 Å². The monoisotopic (exact) mass is 414 g/mol. The summed E-state index contributed by atoms with van der Waals surface area (Å²) in [6.45, 7) is 3.75. The van der Waals surface area contributed by atoms with Gasteiger partial charge in [0.05, 0.1) is 0 Å². The molecule has 1 N–H and O–H groups in total. The highest BCUT2D eigenvalue weighted by Crippen LogP contribution is 2.25. The molecule has 7 heteroatoms. The van der Waals surface area contributed by atoms with E-state index in [9.17, 15) is 9.18 Å². The van der Waals surface area contributed by atoms with Crippen molar-refractivity contribution in [1.82, 2.24) is 20.4 Å². The highest BCUT2D eigenvalue weighted by molar-refractivity contribution is 5.76. The molecule has 1 saturated heterocycles. The van der Waals surface area contributed by atoms with Gasteiger partial charge in [0.2, 0.25) is 17.6 Å². The van der Waals surface area contributed by atoms with Crippen LogP contribution < -0.4 is 5.32 Å². The molecule has 1 saturated carbocycles. The van der Waals surface area contributed by atoms with Gasteiger partial charge in [-0.25, -0.2) is 4.39 Å². The predicted molar refractivity (Wildman–Crippen MR) is 112 cm³/mol. The summed E-state index contributed by atoms with van der Waals surface area (Å²) in [5, 5.41) is 7.08. The van der Waals surface area contributed by atoms with Crippen LogP contribution in [0.15, 0.2) is 22.7 Å². The molecule has 1 aliphatic carbocycles. The van der Waals surface area contributed by atoms with Crippen LogP contribution in [0.25, 0.3) is 11.4 Å². The zero-order valence-corrected chi connectivity index (χ0v) is 17.7. The molecule has 1 aromatic heterocycles. The first-order chi connectivity index (χ1) is 14.6. The second-order valence-electron chi connectivity index (χ2n) is 8.67. The zero-order valence-electron chi connectivity index (χ0n) is 17.7. The van der Waals surface area contributed by atoms with Crippen LogP contribution in [0.2, 0.25) is 0 Å². The van der Waals surface area contributed by atoms with Crippen LogP contribution in [0.1, 0.15) is 62.8 Å². The molecule has 6 nitrogen and oxygen atoms in total. The maximum atomic E-state index is 13.7. The van der Waals surface area contributed by atoms with Gasteiger partial charge in [0.1, 0.15) is 5.82 Å². The molecule has 1 unspecified atom stereocenters. The van der Waals surface area contributed by atoms with Crippen molar-refractivity contribution in [1.29, 1.82) is 0 Å². The molecule has 2 aromatic rings. The van der Waals surface area contributed by atoms with Crippen molar-refractivity contribution in [3.8, 4) is 11.4 Å². The zero-order chi connectivity index (χ0) is 20.9. The van der Waals surface area contributed by atoms with Crippen LogP contribution in [0, 0.1) is 12.7 Å². The number of nitrogens with one attached hydrogen (secondary N) is 1. The molecule has 2 fully saturated rings. The highest BCUT2D eigenvalue weighted by atomic mass is 19.1. The third-order valence-corrected chi connectivity index (χ3v) is 6.39. The maximum absolute atomic E-state index is 13.7. The van der Waals surface area contributed by atoms with Crippen LogP contribution >= 0.6 is 0 Å². The van der Waals surface area contributed by atoms with Gasteiger partial charge in [0.25, 0.3) is 0 Å². The number of aryl methyl sites for hydroxylation is 2. The fraction of sp³-hybridized carbons (Fsp3) is 0.609. The van der Waals surface area contributed by atoms with Gasteiger partial charge in [-0.15, -0.1) is 0 Å². The summed E-state index contributed by atoms with van der Waals surface area (Å²) in [5.41, 5.74) is 1.14. The first-order valence-corrected chi connectivity index (χ1v) is 11.2. The van der Waals surface area contributed by atoms with E-state index in [2.05, 4.69) is 20.4 Å². The number of hydrogen-bond donors (Lipinski definition) is 1. The standard InChI is InChI=1S/C23H31FN4O2/c1-16-8-9-17(14-20(16)24)23-26-22(30-27-23)11-10-21(29)25-18-12-13-28(15-18)19-6-4-2-3-5-7-19/h8-9,14,18-19H,2-7,10-13,15H2,1H3,(H,25,29). The average molecular weight is 415 g/mol. The van der Waals surface area contributed by atoms with Gasteiger partial charge in [0, 0.05) is 43.6 Å². The second-order valence-corrected chi connectivity index (χ2v) is 8.67. The first kappa shape index (κ1) is 21.0. The Bertz CT molecular complexity index is 861. The lowest BCUT2D eigenvalue weighted by Crippen LogP contribution is -2.39. The molecule has 1 amide bonds. The van der Waals surface area contributed by atoms with Crippen molar-refractivity contribution < 1.29 is 13.7 Å². The second kappa shape index (κ2) is 9.69. The van der Waals surface area contributed by atoms with Crippen LogP contribution in [-0.4, -0.2) is 46.1 Å².